The predicted molar refractivity (Wildman–Crippen MR) is 53.9 cm³/mol. The number of benzene rings is 1. The fourth-order valence-corrected chi connectivity index (χ4v) is 2.00. The van der Waals surface area contributed by atoms with Crippen LogP contribution in [-0.2, 0) is 0 Å². The van der Waals surface area contributed by atoms with Gasteiger partial charge in [0, 0.05) is 25.3 Å². The van der Waals surface area contributed by atoms with E-state index in [9.17, 15) is 8.78 Å². The van der Waals surface area contributed by atoms with E-state index in [1.54, 1.807) is 24.3 Å². The molecule has 0 radical (unpaired) electrons. The minimum atomic E-state index is -2.89. The second-order valence-corrected chi connectivity index (χ2v) is 5.63. The van der Waals surface area contributed by atoms with Crippen LogP contribution in [0.25, 0.3) is 0 Å². The molecule has 0 saturated carbocycles. The molecule has 0 aliphatic carbocycles. The Morgan fingerprint density at radius 1 is 1.17 bits per heavy atom. The van der Waals surface area contributed by atoms with Gasteiger partial charge in [-0.05, 0) is 36.0 Å². The van der Waals surface area contributed by atoms with E-state index in [-0.39, 0.29) is 0 Å². The Kier molecular flexibility index (Phi) is 3.55. The molecule has 0 aliphatic rings. The lowest BCUT2D eigenvalue weighted by molar-refractivity contribution is 0.221. The van der Waals surface area contributed by atoms with Crippen molar-refractivity contribution in [3.8, 4) is 0 Å². The molecule has 0 bridgehead atoms. The summed E-state index contributed by atoms with van der Waals surface area (Å²) in [5.74, 6) is 0. The maximum absolute atomic E-state index is 12.4. The van der Waals surface area contributed by atoms with Crippen LogP contribution < -0.4 is 0 Å². The van der Waals surface area contributed by atoms with Gasteiger partial charge in [0.15, 0.2) is 0 Å². The Bertz CT molecular complexity index is 255. The Morgan fingerprint density at radius 2 is 1.67 bits per heavy atom. The third-order valence-electron chi connectivity index (χ3n) is 1.05. The Balaban J connectivity index is 2.71. The van der Waals surface area contributed by atoms with Gasteiger partial charge in [-0.15, -0.1) is 0 Å². The van der Waals surface area contributed by atoms with Crippen molar-refractivity contribution in [2.75, 3.05) is 0 Å². The van der Waals surface area contributed by atoms with Crippen LogP contribution in [0.2, 0.25) is 0 Å². The van der Waals surface area contributed by atoms with Gasteiger partial charge < -0.3 is 0 Å². The monoisotopic (exact) mass is 316 g/mol. The number of halogens is 4. The van der Waals surface area contributed by atoms with E-state index >= 15 is 0 Å². The molecule has 0 unspecified atom stereocenters. The van der Waals surface area contributed by atoms with Crippen LogP contribution >= 0.6 is 43.6 Å². The highest BCUT2D eigenvalue weighted by Crippen LogP contribution is 2.40. The molecule has 1 aromatic rings. The van der Waals surface area contributed by atoms with Gasteiger partial charge in [0.1, 0.15) is 0 Å². The summed E-state index contributed by atoms with van der Waals surface area (Å²) in [5, 5.41) is 0. The number of thioether (sulfide) groups is 1. The van der Waals surface area contributed by atoms with Crippen LogP contribution in [0.15, 0.2) is 33.6 Å². The fourth-order valence-electron chi connectivity index (χ4n) is 0.636. The van der Waals surface area contributed by atoms with Crippen molar-refractivity contribution < 1.29 is 8.78 Å². The molecule has 0 amide bonds. The Morgan fingerprint density at radius 3 is 2.08 bits per heavy atom. The minimum Gasteiger partial charge on any atom is -0.182 e. The molecule has 0 saturated heterocycles. The lowest BCUT2D eigenvalue weighted by Crippen LogP contribution is -1.95. The van der Waals surface area contributed by atoms with E-state index in [0.717, 1.165) is 4.47 Å². The first kappa shape index (κ1) is 10.5. The summed E-state index contributed by atoms with van der Waals surface area (Å²) in [5.41, 5.74) is 0. The molecule has 0 spiro atoms. The zero-order valence-corrected chi connectivity index (χ0v) is 9.72. The third-order valence-corrected chi connectivity index (χ3v) is 2.80. The first-order chi connectivity index (χ1) is 5.47. The molecular weight excluding hydrogens is 314 g/mol. The first-order valence-corrected chi connectivity index (χ1v) is 5.39. The average Bonchev–Trinajstić information content (AvgIpc) is 1.91. The van der Waals surface area contributed by atoms with E-state index in [0.29, 0.717) is 16.7 Å². The van der Waals surface area contributed by atoms with Gasteiger partial charge in [0.05, 0.1) is 0 Å². The Labute approximate surface area is 90.0 Å². The van der Waals surface area contributed by atoms with Crippen LogP contribution in [0, 0.1) is 0 Å². The summed E-state index contributed by atoms with van der Waals surface area (Å²) >= 11 is 5.94. The summed E-state index contributed by atoms with van der Waals surface area (Å²) in [4.78, 5) is 0.528. The highest BCUT2D eigenvalue weighted by molar-refractivity contribution is 9.11. The van der Waals surface area contributed by atoms with Crippen molar-refractivity contribution in [3.05, 3.63) is 28.7 Å². The molecule has 0 fully saturated rings. The van der Waals surface area contributed by atoms with Gasteiger partial charge in [0.2, 0.25) is 0 Å². The number of rotatable bonds is 2. The SMILES string of the molecule is FC(F)(Br)Sc1ccc(Br)cc1. The topological polar surface area (TPSA) is 0 Å². The second kappa shape index (κ2) is 4.07. The van der Waals surface area contributed by atoms with Crippen LogP contribution in [-0.4, -0.2) is 4.16 Å². The van der Waals surface area contributed by atoms with Crippen molar-refractivity contribution >= 4 is 43.6 Å². The standard InChI is InChI=1S/C7H4Br2F2S/c8-5-1-3-6(4-2-5)12-7(9,10)11/h1-4H. The van der Waals surface area contributed by atoms with Gasteiger partial charge in [-0.2, -0.15) is 8.78 Å². The third kappa shape index (κ3) is 3.87. The van der Waals surface area contributed by atoms with E-state index in [1.807, 2.05) is 0 Å². The maximum Gasteiger partial charge on any atom is 0.353 e. The molecule has 0 aromatic heterocycles. The summed E-state index contributed by atoms with van der Waals surface area (Å²) in [6.45, 7) is 0. The van der Waals surface area contributed by atoms with Crippen molar-refractivity contribution in [1.29, 1.82) is 0 Å². The van der Waals surface area contributed by atoms with Gasteiger partial charge >= 0.3 is 4.16 Å². The molecule has 0 heterocycles. The van der Waals surface area contributed by atoms with Crippen LogP contribution in [0.3, 0.4) is 0 Å². The molecule has 0 nitrogen and oxygen atoms in total. The molecule has 5 heteroatoms. The van der Waals surface area contributed by atoms with E-state index in [1.165, 1.54) is 0 Å². The maximum atomic E-state index is 12.4. The smallest absolute Gasteiger partial charge is 0.182 e. The zero-order chi connectivity index (χ0) is 9.19. The van der Waals surface area contributed by atoms with Crippen molar-refractivity contribution in [1.82, 2.24) is 0 Å². The normalized spacial score (nSPS) is 11.7. The fraction of sp³-hybridized carbons (Fsp3) is 0.143. The van der Waals surface area contributed by atoms with Gasteiger partial charge in [0.25, 0.3) is 0 Å². The van der Waals surface area contributed by atoms with Crippen molar-refractivity contribution in [2.45, 2.75) is 9.06 Å². The lowest BCUT2D eigenvalue weighted by Gasteiger charge is -2.06. The number of hydrogen-bond acceptors (Lipinski definition) is 1. The van der Waals surface area contributed by atoms with Crippen LogP contribution in [0.1, 0.15) is 0 Å². The lowest BCUT2D eigenvalue weighted by atomic mass is 10.4. The van der Waals surface area contributed by atoms with Crippen molar-refractivity contribution in [2.24, 2.45) is 0 Å². The van der Waals surface area contributed by atoms with E-state index in [4.69, 9.17) is 0 Å². The largest absolute Gasteiger partial charge is 0.353 e. The van der Waals surface area contributed by atoms with E-state index in [2.05, 4.69) is 31.9 Å². The quantitative estimate of drug-likeness (QED) is 0.572. The molecule has 0 atom stereocenters. The molecule has 1 rings (SSSR count). The number of alkyl halides is 3. The Hall–Kier alpha value is 0.390. The summed E-state index contributed by atoms with van der Waals surface area (Å²) in [7, 11) is 0. The first-order valence-electron chi connectivity index (χ1n) is 2.99. The number of hydrogen-bond donors (Lipinski definition) is 0. The molecule has 12 heavy (non-hydrogen) atoms. The predicted octanol–water partition coefficient (Wildman–Crippen LogP) is 4.49. The van der Waals surface area contributed by atoms with Gasteiger partial charge in [-0.25, -0.2) is 0 Å². The molecule has 66 valence electrons. The summed E-state index contributed by atoms with van der Waals surface area (Å²) in [6, 6.07) is 6.70. The van der Waals surface area contributed by atoms with Crippen LogP contribution in [0.5, 0.6) is 0 Å². The summed E-state index contributed by atoms with van der Waals surface area (Å²) in [6.07, 6.45) is 0. The van der Waals surface area contributed by atoms with Crippen molar-refractivity contribution in [3.63, 3.8) is 0 Å². The average molecular weight is 318 g/mol. The molecular formula is C7H4Br2F2S. The zero-order valence-electron chi connectivity index (χ0n) is 5.73. The molecule has 1 aromatic carbocycles. The van der Waals surface area contributed by atoms with E-state index < -0.39 is 4.16 Å². The van der Waals surface area contributed by atoms with Crippen LogP contribution in [0.4, 0.5) is 8.78 Å². The van der Waals surface area contributed by atoms with Gasteiger partial charge in [-0.1, -0.05) is 15.9 Å². The minimum absolute atomic E-state index is 0.472. The highest BCUT2D eigenvalue weighted by Gasteiger charge is 2.25. The summed E-state index contributed by atoms with van der Waals surface area (Å²) < 4.78 is 22.7. The molecule has 0 N–H and O–H groups in total. The highest BCUT2D eigenvalue weighted by atomic mass is 79.9. The van der Waals surface area contributed by atoms with Gasteiger partial charge in [-0.3, -0.25) is 0 Å². The second-order valence-electron chi connectivity index (χ2n) is 2.00. The molecule has 0 aliphatic heterocycles.